The summed E-state index contributed by atoms with van der Waals surface area (Å²) < 4.78 is 36.4. The number of ether oxygens (including phenoxy) is 4. The lowest BCUT2D eigenvalue weighted by Crippen LogP contribution is -2.09. The van der Waals surface area contributed by atoms with Crippen molar-refractivity contribution >= 4 is 11.9 Å². The Kier molecular flexibility index (Phi) is 7.28. The minimum atomic E-state index is -0.610. The van der Waals surface area contributed by atoms with E-state index in [1.807, 2.05) is 31.2 Å². The third kappa shape index (κ3) is 5.72. The second-order valence-corrected chi connectivity index (χ2v) is 10.3. The Hall–Kier alpha value is -4.49. The molecule has 0 amide bonds. The van der Waals surface area contributed by atoms with Gasteiger partial charge in [0.1, 0.15) is 35.8 Å². The molecule has 4 aromatic rings. The van der Waals surface area contributed by atoms with E-state index >= 15 is 0 Å². The van der Waals surface area contributed by atoms with E-state index < -0.39 is 17.8 Å². The summed E-state index contributed by atoms with van der Waals surface area (Å²) in [5, 5.41) is 0. The normalized spacial score (nSPS) is 16.5. The molecule has 0 radical (unpaired) electrons. The van der Waals surface area contributed by atoms with E-state index in [1.54, 1.807) is 48.5 Å². The van der Waals surface area contributed by atoms with Gasteiger partial charge < -0.3 is 18.9 Å². The number of carbonyl (C=O) groups is 2. The van der Waals surface area contributed by atoms with Crippen molar-refractivity contribution < 1.29 is 32.9 Å². The maximum absolute atomic E-state index is 14.3. The second kappa shape index (κ2) is 11.2. The molecular formula is C34H29FO6. The van der Waals surface area contributed by atoms with Crippen LogP contribution in [0.4, 0.5) is 4.39 Å². The number of carbonyl (C=O) groups excluding carboxylic acids is 2. The van der Waals surface area contributed by atoms with Gasteiger partial charge in [0.25, 0.3) is 0 Å². The van der Waals surface area contributed by atoms with Crippen LogP contribution in [0.2, 0.25) is 0 Å². The molecule has 1 fully saturated rings. The minimum absolute atomic E-state index is 0.0186. The predicted molar refractivity (Wildman–Crippen MR) is 151 cm³/mol. The Morgan fingerprint density at radius 1 is 0.805 bits per heavy atom. The van der Waals surface area contributed by atoms with E-state index in [0.29, 0.717) is 41.4 Å². The Labute approximate surface area is 237 Å². The van der Waals surface area contributed by atoms with Crippen LogP contribution in [0.1, 0.15) is 63.6 Å². The van der Waals surface area contributed by atoms with Crippen LogP contribution in [0.15, 0.2) is 78.9 Å². The van der Waals surface area contributed by atoms with Crippen LogP contribution in [-0.2, 0) is 11.2 Å². The number of rotatable bonds is 9. The van der Waals surface area contributed by atoms with E-state index in [1.165, 1.54) is 6.07 Å². The molecule has 7 heteroatoms. The summed E-state index contributed by atoms with van der Waals surface area (Å²) in [7, 11) is 0. The number of esters is 2. The molecule has 2 atom stereocenters. The molecule has 0 aromatic heterocycles. The lowest BCUT2D eigenvalue weighted by atomic mass is 9.99. The molecule has 6 rings (SSSR count). The van der Waals surface area contributed by atoms with E-state index in [2.05, 4.69) is 6.92 Å². The first-order valence-electron chi connectivity index (χ1n) is 13.7. The molecule has 2 unspecified atom stereocenters. The summed E-state index contributed by atoms with van der Waals surface area (Å²) in [4.78, 5) is 25.5. The number of hydrogen-bond donors (Lipinski definition) is 0. The van der Waals surface area contributed by atoms with Crippen molar-refractivity contribution in [2.24, 2.45) is 0 Å². The zero-order valence-electron chi connectivity index (χ0n) is 22.8. The Morgan fingerprint density at radius 3 is 1.93 bits per heavy atom. The van der Waals surface area contributed by atoms with Gasteiger partial charge in [-0.05, 0) is 94.9 Å². The molecule has 0 saturated carbocycles. The fourth-order valence-electron chi connectivity index (χ4n) is 5.10. The molecule has 2 aliphatic rings. The lowest BCUT2D eigenvalue weighted by Gasteiger charge is -2.11. The monoisotopic (exact) mass is 552 g/mol. The van der Waals surface area contributed by atoms with Crippen LogP contribution < -0.4 is 14.2 Å². The largest absolute Gasteiger partial charge is 0.491 e. The van der Waals surface area contributed by atoms with Crippen LogP contribution >= 0.6 is 0 Å². The third-order valence-corrected chi connectivity index (χ3v) is 7.43. The molecule has 1 aliphatic carbocycles. The van der Waals surface area contributed by atoms with Crippen LogP contribution in [0.3, 0.4) is 0 Å². The van der Waals surface area contributed by atoms with Gasteiger partial charge >= 0.3 is 11.9 Å². The topological polar surface area (TPSA) is 74.4 Å². The summed E-state index contributed by atoms with van der Waals surface area (Å²) in [6.45, 7) is 5.25. The van der Waals surface area contributed by atoms with Gasteiger partial charge in [-0.25, -0.2) is 14.0 Å². The summed E-state index contributed by atoms with van der Waals surface area (Å²) >= 11 is 0. The molecule has 6 nitrogen and oxygen atoms in total. The standard InChI is InChI=1S/C34H29FO6/c1-3-4-21-5-6-23(15-32(21)35)34(37)41-26-12-14-29-28-13-11-25(16-30(28)20(2)31(29)17-26)40-33(36)22-7-9-24(10-8-22)38-18-27-19-39-27/h5-17,20,27H,3-4,18-19H2,1-2H3. The SMILES string of the molecule is CCCc1ccc(C(=O)Oc2ccc3c(c2)C(C)c2cc(OC(=O)c4ccc(OCC5CO5)cc4)ccc2-3)cc1F. The zero-order chi connectivity index (χ0) is 28.5. The van der Waals surface area contributed by atoms with Crippen molar-refractivity contribution in [1.82, 2.24) is 0 Å². The first-order chi connectivity index (χ1) is 19.9. The highest BCUT2D eigenvalue weighted by Crippen LogP contribution is 2.47. The molecule has 0 bridgehead atoms. The highest BCUT2D eigenvalue weighted by atomic mass is 19.1. The average Bonchev–Trinajstić information content (AvgIpc) is 3.77. The quantitative estimate of drug-likeness (QED) is 0.125. The highest BCUT2D eigenvalue weighted by Gasteiger charge is 2.27. The first kappa shape index (κ1) is 26.7. The first-order valence-corrected chi connectivity index (χ1v) is 13.7. The summed E-state index contributed by atoms with van der Waals surface area (Å²) in [6.07, 6.45) is 1.60. The van der Waals surface area contributed by atoms with Crippen molar-refractivity contribution in [3.63, 3.8) is 0 Å². The van der Waals surface area contributed by atoms with Gasteiger partial charge in [-0.3, -0.25) is 0 Å². The maximum Gasteiger partial charge on any atom is 0.343 e. The van der Waals surface area contributed by atoms with Crippen LogP contribution in [-0.4, -0.2) is 31.3 Å². The Bertz CT molecular complexity index is 1620. The van der Waals surface area contributed by atoms with E-state index in [9.17, 15) is 14.0 Å². The second-order valence-electron chi connectivity index (χ2n) is 10.3. The van der Waals surface area contributed by atoms with Crippen molar-refractivity contribution in [3.05, 3.63) is 112 Å². The fourth-order valence-corrected chi connectivity index (χ4v) is 5.10. The van der Waals surface area contributed by atoms with Gasteiger partial charge in [0, 0.05) is 5.92 Å². The van der Waals surface area contributed by atoms with Gasteiger partial charge in [-0.15, -0.1) is 0 Å². The lowest BCUT2D eigenvalue weighted by molar-refractivity contribution is 0.0725. The molecular weight excluding hydrogens is 523 g/mol. The van der Waals surface area contributed by atoms with Crippen molar-refractivity contribution in [2.45, 2.75) is 38.7 Å². The average molecular weight is 553 g/mol. The van der Waals surface area contributed by atoms with Gasteiger partial charge in [-0.1, -0.05) is 38.5 Å². The van der Waals surface area contributed by atoms with Gasteiger partial charge in [0.2, 0.25) is 0 Å². The number of aryl methyl sites for hydroxylation is 1. The molecule has 4 aromatic carbocycles. The Balaban J connectivity index is 1.13. The number of benzene rings is 4. The van der Waals surface area contributed by atoms with Crippen molar-refractivity contribution in [1.29, 1.82) is 0 Å². The van der Waals surface area contributed by atoms with Crippen molar-refractivity contribution in [2.75, 3.05) is 13.2 Å². The third-order valence-electron chi connectivity index (χ3n) is 7.43. The highest BCUT2D eigenvalue weighted by molar-refractivity contribution is 5.92. The summed E-state index contributed by atoms with van der Waals surface area (Å²) in [5.74, 6) is 0.00817. The molecule has 208 valence electrons. The van der Waals surface area contributed by atoms with E-state index in [-0.39, 0.29) is 17.6 Å². The van der Waals surface area contributed by atoms with Gasteiger partial charge in [0.05, 0.1) is 17.7 Å². The zero-order valence-corrected chi connectivity index (χ0v) is 22.8. The molecule has 0 N–H and O–H groups in total. The number of hydrogen-bond acceptors (Lipinski definition) is 6. The number of fused-ring (bicyclic) bond motifs is 3. The van der Waals surface area contributed by atoms with E-state index in [0.717, 1.165) is 35.3 Å². The number of halogens is 1. The smallest absolute Gasteiger partial charge is 0.343 e. The summed E-state index contributed by atoms with van der Waals surface area (Å²) in [6, 6.07) is 22.4. The van der Waals surface area contributed by atoms with Crippen LogP contribution in [0.5, 0.6) is 17.2 Å². The Morgan fingerprint density at radius 2 is 1.37 bits per heavy atom. The molecule has 0 spiro atoms. The minimum Gasteiger partial charge on any atom is -0.491 e. The summed E-state index contributed by atoms with van der Waals surface area (Å²) in [5.41, 5.74) is 5.22. The maximum atomic E-state index is 14.3. The van der Waals surface area contributed by atoms with E-state index in [4.69, 9.17) is 18.9 Å². The van der Waals surface area contributed by atoms with Crippen LogP contribution in [0.25, 0.3) is 11.1 Å². The molecule has 1 aliphatic heterocycles. The van der Waals surface area contributed by atoms with Crippen LogP contribution in [0, 0.1) is 5.82 Å². The fraction of sp³-hybridized carbons (Fsp3) is 0.235. The molecule has 41 heavy (non-hydrogen) atoms. The molecule has 1 heterocycles. The van der Waals surface area contributed by atoms with Gasteiger partial charge in [-0.2, -0.15) is 0 Å². The van der Waals surface area contributed by atoms with Gasteiger partial charge in [0.15, 0.2) is 0 Å². The van der Waals surface area contributed by atoms with Crippen molar-refractivity contribution in [3.8, 4) is 28.4 Å². The molecule has 1 saturated heterocycles. The predicted octanol–water partition coefficient (Wildman–Crippen LogP) is 7.13. The number of epoxide rings is 1.